The maximum Gasteiger partial charge on any atom is 0.164 e. The number of pyridine rings is 6. The van der Waals surface area contributed by atoms with Gasteiger partial charge in [-0.1, -0.05) is 267 Å². The highest BCUT2D eigenvalue weighted by molar-refractivity contribution is 5.80. The topological polar surface area (TPSA) is 178 Å². The van der Waals surface area contributed by atoms with Crippen LogP contribution in [-0.2, 0) is 0 Å². The van der Waals surface area contributed by atoms with Crippen molar-refractivity contribution < 1.29 is 4.39 Å². The fourth-order valence-corrected chi connectivity index (χ4v) is 13.0. The third kappa shape index (κ3) is 15.8. The van der Waals surface area contributed by atoms with Gasteiger partial charge in [-0.05, 0) is 141 Å². The molecule has 0 radical (unpaired) electrons. The summed E-state index contributed by atoms with van der Waals surface area (Å²) in [7, 11) is 0. The van der Waals surface area contributed by atoms with E-state index >= 15 is 0 Å². The number of hydrogen-bond acceptors (Lipinski definition) is 13. The highest BCUT2D eigenvalue weighted by atomic mass is 19.1. The first-order chi connectivity index (χ1) is 54.8. The molecule has 0 saturated carbocycles. The van der Waals surface area contributed by atoms with Gasteiger partial charge in [0.15, 0.2) is 34.9 Å². The molecule has 8 aromatic heterocycles. The molecule has 0 atom stereocenters. The summed E-state index contributed by atoms with van der Waals surface area (Å²) in [6.07, 6.45) is 7.26. The van der Waals surface area contributed by atoms with Crippen LogP contribution in [0, 0.1) is 17.1 Å². The molecule has 18 aromatic rings. The Bertz CT molecular complexity index is 6170. The number of hydrogen-bond donors (Lipinski definition) is 0. The van der Waals surface area contributed by atoms with E-state index in [1.807, 2.05) is 231 Å². The van der Waals surface area contributed by atoms with Gasteiger partial charge in [0, 0.05) is 69.3 Å². The Morgan fingerprint density at radius 2 is 0.423 bits per heavy atom. The van der Waals surface area contributed by atoms with E-state index in [-0.39, 0.29) is 5.82 Å². The zero-order valence-corrected chi connectivity index (χ0v) is 59.5. The molecule has 0 fully saturated rings. The standard InChI is InChI=1S/C49H31N7.C48H31FN6/c50-31-33-14-16-37(17-15-33)42-29-45(43-13-7-8-28-51-43)53-46(30-42)44-27-26-41(32-52-44)36-20-18-34(19-21-36)35-22-24-40(25-23-35)49-55-47(38-9-3-1-4-10-38)54-48(56-49)39-11-5-2-6-12-39;49-41-25-22-35(23-26-41)40-29-44(42-13-7-8-28-50-42)52-45(30-40)43-27-24-39(31-51-43)34-16-14-32(15-17-34)33-18-20-38(21-19-33)48-54-46(36-9-3-1-4-10-36)53-47(55-48)37-11-5-2-6-12-37/h1-30,32H;1-31H. The summed E-state index contributed by atoms with van der Waals surface area (Å²) in [5, 5.41) is 9.29. The number of nitrogens with zero attached hydrogens (tertiary/aromatic N) is 13. The molecule has 0 aliphatic carbocycles. The number of halogens is 1. The van der Waals surface area contributed by atoms with Crippen LogP contribution in [0.2, 0.25) is 0 Å². The van der Waals surface area contributed by atoms with Crippen LogP contribution in [0.1, 0.15) is 5.56 Å². The van der Waals surface area contributed by atoms with Crippen molar-refractivity contribution in [3.63, 3.8) is 0 Å². The second-order valence-corrected chi connectivity index (χ2v) is 26.1. The van der Waals surface area contributed by atoms with Gasteiger partial charge in [-0.2, -0.15) is 5.26 Å². The number of benzene rings is 10. The van der Waals surface area contributed by atoms with Gasteiger partial charge in [0.05, 0.1) is 57.2 Å². The normalized spacial score (nSPS) is 10.9. The molecule has 522 valence electrons. The van der Waals surface area contributed by atoms with Gasteiger partial charge in [-0.25, -0.2) is 44.3 Å². The molecular formula is C97H62FN13. The molecule has 0 bridgehead atoms. The maximum absolute atomic E-state index is 13.7. The molecule has 8 heterocycles. The highest BCUT2D eigenvalue weighted by Gasteiger charge is 2.18. The van der Waals surface area contributed by atoms with E-state index in [0.717, 1.165) is 134 Å². The fraction of sp³-hybridized carbons (Fsp3) is 0. The second-order valence-electron chi connectivity index (χ2n) is 26.1. The van der Waals surface area contributed by atoms with Crippen LogP contribution >= 0.6 is 0 Å². The molecule has 0 amide bonds. The lowest BCUT2D eigenvalue weighted by Gasteiger charge is -2.10. The summed E-state index contributed by atoms with van der Waals surface area (Å²) in [4.78, 5) is 57.7. The van der Waals surface area contributed by atoms with E-state index in [9.17, 15) is 9.65 Å². The molecule has 0 aliphatic heterocycles. The monoisotopic (exact) mass is 1430 g/mol. The smallest absolute Gasteiger partial charge is 0.164 e. The highest BCUT2D eigenvalue weighted by Crippen LogP contribution is 2.36. The van der Waals surface area contributed by atoms with Crippen LogP contribution in [0.5, 0.6) is 0 Å². The third-order valence-electron chi connectivity index (χ3n) is 18.9. The summed E-state index contributed by atoms with van der Waals surface area (Å²) in [5.74, 6) is 3.51. The van der Waals surface area contributed by atoms with E-state index in [2.05, 4.69) is 125 Å². The largest absolute Gasteiger partial charge is 0.255 e. The first kappa shape index (κ1) is 68.6. The molecule has 13 nitrogen and oxygen atoms in total. The third-order valence-corrected chi connectivity index (χ3v) is 18.9. The summed E-state index contributed by atoms with van der Waals surface area (Å²) in [6, 6.07) is 117. The zero-order valence-electron chi connectivity index (χ0n) is 59.5. The van der Waals surface area contributed by atoms with Crippen molar-refractivity contribution in [3.05, 3.63) is 388 Å². The zero-order chi connectivity index (χ0) is 74.7. The van der Waals surface area contributed by atoms with Crippen LogP contribution in [0.15, 0.2) is 377 Å². The van der Waals surface area contributed by atoms with Crippen LogP contribution in [0.4, 0.5) is 4.39 Å². The average molecular weight is 1430 g/mol. The second kappa shape index (κ2) is 31.7. The van der Waals surface area contributed by atoms with E-state index < -0.39 is 0 Å². The Kier molecular flexibility index (Phi) is 19.6. The Hall–Kier alpha value is -15.5. The van der Waals surface area contributed by atoms with Gasteiger partial charge in [0.25, 0.3) is 0 Å². The molecule has 0 aliphatic rings. The van der Waals surface area contributed by atoms with Crippen molar-refractivity contribution in [1.82, 2.24) is 59.8 Å². The van der Waals surface area contributed by atoms with Crippen molar-refractivity contribution in [3.8, 4) is 187 Å². The van der Waals surface area contributed by atoms with Gasteiger partial charge < -0.3 is 0 Å². The van der Waals surface area contributed by atoms with Crippen LogP contribution in [-0.4, -0.2) is 59.8 Å². The SMILES string of the molecule is Fc1ccc(-c2cc(-c3ccccn3)nc(-c3ccc(-c4ccc(-c5ccc(-c6nc(-c7ccccc7)nc(-c7ccccc7)n6)cc5)cc4)cn3)c2)cc1.N#Cc1ccc(-c2cc(-c3ccccn3)nc(-c3ccc(-c4ccc(-c5ccc(-c6nc(-c7ccccc7)nc(-c7ccccc7)n6)cc5)cc4)cn3)c2)cc1. The summed E-state index contributed by atoms with van der Waals surface area (Å²) < 4.78 is 13.7. The lowest BCUT2D eigenvalue weighted by atomic mass is 9.99. The van der Waals surface area contributed by atoms with Crippen molar-refractivity contribution in [2.75, 3.05) is 0 Å². The summed E-state index contributed by atoms with van der Waals surface area (Å²) in [6.45, 7) is 0. The number of aromatic nitrogens is 12. The summed E-state index contributed by atoms with van der Waals surface area (Å²) in [5.41, 5.74) is 24.3. The number of rotatable bonds is 16. The van der Waals surface area contributed by atoms with Gasteiger partial charge in [0.1, 0.15) is 5.82 Å². The van der Waals surface area contributed by atoms with Crippen molar-refractivity contribution in [2.45, 2.75) is 0 Å². The van der Waals surface area contributed by atoms with E-state index in [1.54, 1.807) is 24.5 Å². The molecule has 0 saturated heterocycles. The first-order valence-corrected chi connectivity index (χ1v) is 36.0. The predicted molar refractivity (Wildman–Crippen MR) is 438 cm³/mol. The van der Waals surface area contributed by atoms with Crippen LogP contribution in [0.3, 0.4) is 0 Å². The Morgan fingerprint density at radius 1 is 0.189 bits per heavy atom. The van der Waals surface area contributed by atoms with Gasteiger partial charge in [-0.15, -0.1) is 0 Å². The van der Waals surface area contributed by atoms with Crippen LogP contribution < -0.4 is 0 Å². The molecule has 18 rings (SSSR count). The van der Waals surface area contributed by atoms with Crippen molar-refractivity contribution in [1.29, 1.82) is 5.26 Å². The Morgan fingerprint density at radius 3 is 0.694 bits per heavy atom. The Balaban J connectivity index is 0.000000161. The Labute approximate surface area is 640 Å². The summed E-state index contributed by atoms with van der Waals surface area (Å²) >= 11 is 0. The van der Waals surface area contributed by atoms with Gasteiger partial charge in [-0.3, -0.25) is 19.9 Å². The molecule has 0 N–H and O–H groups in total. The van der Waals surface area contributed by atoms with Crippen LogP contribution in [0.25, 0.3) is 181 Å². The van der Waals surface area contributed by atoms with Crippen molar-refractivity contribution >= 4 is 0 Å². The molecule has 0 spiro atoms. The first-order valence-electron chi connectivity index (χ1n) is 36.0. The maximum atomic E-state index is 13.7. The van der Waals surface area contributed by atoms with Crippen molar-refractivity contribution in [2.24, 2.45) is 0 Å². The molecule has 10 aromatic carbocycles. The van der Waals surface area contributed by atoms with Gasteiger partial charge in [0.2, 0.25) is 0 Å². The minimum atomic E-state index is -0.280. The quantitative estimate of drug-likeness (QED) is 0.0893. The van der Waals surface area contributed by atoms with Gasteiger partial charge >= 0.3 is 0 Å². The van der Waals surface area contributed by atoms with E-state index in [4.69, 9.17) is 49.8 Å². The van der Waals surface area contributed by atoms with E-state index in [1.165, 1.54) is 12.1 Å². The fourth-order valence-electron chi connectivity index (χ4n) is 13.0. The molecule has 111 heavy (non-hydrogen) atoms. The molecular weight excluding hydrogens is 1370 g/mol. The minimum absolute atomic E-state index is 0.280. The number of nitriles is 1. The predicted octanol–water partition coefficient (Wildman–Crippen LogP) is 22.8. The molecule has 0 unspecified atom stereocenters. The minimum Gasteiger partial charge on any atom is -0.255 e. The lowest BCUT2D eigenvalue weighted by Crippen LogP contribution is -2.00. The van der Waals surface area contributed by atoms with E-state index in [0.29, 0.717) is 51.9 Å². The average Bonchev–Trinajstić information content (AvgIpc) is 0.810. The molecule has 14 heteroatoms. The lowest BCUT2D eigenvalue weighted by molar-refractivity contribution is 0.628.